The summed E-state index contributed by atoms with van der Waals surface area (Å²) in [6.45, 7) is 0. The summed E-state index contributed by atoms with van der Waals surface area (Å²) in [6.07, 6.45) is 6.22. The lowest BCUT2D eigenvalue weighted by atomic mass is 9.93. The molecule has 1 aliphatic carbocycles. The number of fused-ring (bicyclic) bond motifs is 2. The normalized spacial score (nSPS) is 17.6. The van der Waals surface area contributed by atoms with Crippen molar-refractivity contribution in [3.8, 4) is 0 Å². The van der Waals surface area contributed by atoms with Crippen molar-refractivity contribution in [2.75, 3.05) is 0 Å². The molecule has 1 unspecified atom stereocenters. The Balaban J connectivity index is 1.50. The second kappa shape index (κ2) is 4.73. The summed E-state index contributed by atoms with van der Waals surface area (Å²) in [6, 6.07) is 5.66. The van der Waals surface area contributed by atoms with Crippen LogP contribution in [0.25, 0.3) is 11.0 Å². The lowest BCUT2D eigenvalue weighted by Gasteiger charge is -2.22. The number of aromatic amines is 2. The number of hydrogen-bond donors (Lipinski definition) is 3. The molecule has 21 heavy (non-hydrogen) atoms. The van der Waals surface area contributed by atoms with Gasteiger partial charge in [0.2, 0.25) is 0 Å². The van der Waals surface area contributed by atoms with E-state index in [4.69, 9.17) is 0 Å². The minimum Gasteiger partial charge on any atom is -0.349 e. The van der Waals surface area contributed by atoms with E-state index in [1.165, 1.54) is 5.56 Å². The highest BCUT2D eigenvalue weighted by molar-refractivity contribution is 5.97. The van der Waals surface area contributed by atoms with E-state index in [0.717, 1.165) is 36.0 Å². The summed E-state index contributed by atoms with van der Waals surface area (Å²) in [5.74, 6) is -0.0422. The number of H-pyrrole nitrogens is 2. The Kier molecular flexibility index (Phi) is 2.73. The van der Waals surface area contributed by atoms with E-state index in [2.05, 4.69) is 25.5 Å². The van der Waals surface area contributed by atoms with Gasteiger partial charge in [0, 0.05) is 23.7 Å². The Morgan fingerprint density at radius 3 is 3.29 bits per heavy atom. The number of nitrogens with zero attached hydrogens (tertiary/aromatic N) is 2. The minimum absolute atomic E-state index is 0.0422. The first-order valence-corrected chi connectivity index (χ1v) is 7.05. The Labute approximate surface area is 121 Å². The maximum atomic E-state index is 12.4. The van der Waals surface area contributed by atoms with Crippen LogP contribution < -0.4 is 5.32 Å². The predicted molar refractivity (Wildman–Crippen MR) is 78.0 cm³/mol. The molecule has 2 heterocycles. The average molecular weight is 281 g/mol. The number of aromatic nitrogens is 4. The first-order valence-electron chi connectivity index (χ1n) is 7.05. The van der Waals surface area contributed by atoms with Gasteiger partial charge in [-0.25, -0.2) is 4.98 Å². The molecule has 2 aromatic heterocycles. The van der Waals surface area contributed by atoms with E-state index < -0.39 is 0 Å². The molecule has 3 N–H and O–H groups in total. The minimum atomic E-state index is -0.0422. The van der Waals surface area contributed by atoms with Gasteiger partial charge in [0.25, 0.3) is 5.91 Å². The van der Waals surface area contributed by atoms with Gasteiger partial charge in [-0.3, -0.25) is 9.89 Å². The van der Waals surface area contributed by atoms with Gasteiger partial charge in [-0.05, 0) is 36.6 Å². The Morgan fingerprint density at radius 2 is 2.33 bits per heavy atom. The van der Waals surface area contributed by atoms with E-state index in [0.29, 0.717) is 5.56 Å². The van der Waals surface area contributed by atoms with E-state index >= 15 is 0 Å². The van der Waals surface area contributed by atoms with Gasteiger partial charge in [0.15, 0.2) is 0 Å². The van der Waals surface area contributed by atoms with Crippen molar-refractivity contribution < 1.29 is 4.79 Å². The summed E-state index contributed by atoms with van der Waals surface area (Å²) < 4.78 is 0. The molecule has 0 bridgehead atoms. The van der Waals surface area contributed by atoms with Gasteiger partial charge >= 0.3 is 0 Å². The largest absolute Gasteiger partial charge is 0.349 e. The molecule has 6 heteroatoms. The zero-order valence-electron chi connectivity index (χ0n) is 11.4. The number of aryl methyl sites for hydroxylation is 1. The van der Waals surface area contributed by atoms with Crippen LogP contribution in [0.3, 0.4) is 0 Å². The summed E-state index contributed by atoms with van der Waals surface area (Å²) in [7, 11) is 0. The maximum absolute atomic E-state index is 12.4. The van der Waals surface area contributed by atoms with E-state index in [9.17, 15) is 4.79 Å². The molecular weight excluding hydrogens is 266 g/mol. The fourth-order valence-electron chi connectivity index (χ4n) is 2.88. The molecule has 1 atom stereocenters. The molecule has 4 rings (SSSR count). The summed E-state index contributed by atoms with van der Waals surface area (Å²) in [4.78, 5) is 19.5. The molecule has 3 aromatic rings. The van der Waals surface area contributed by atoms with Crippen LogP contribution in [0.1, 0.15) is 28.0 Å². The molecule has 0 spiro atoms. The molecule has 1 amide bonds. The highest BCUT2D eigenvalue weighted by atomic mass is 16.1. The van der Waals surface area contributed by atoms with E-state index in [-0.39, 0.29) is 11.9 Å². The molecule has 0 saturated heterocycles. The third-order valence-corrected chi connectivity index (χ3v) is 4.04. The first kappa shape index (κ1) is 12.1. The molecule has 0 saturated carbocycles. The number of nitrogens with one attached hydrogen (secondary N) is 3. The van der Waals surface area contributed by atoms with Gasteiger partial charge < -0.3 is 10.3 Å². The van der Waals surface area contributed by atoms with Gasteiger partial charge in [0.05, 0.1) is 23.6 Å². The van der Waals surface area contributed by atoms with Gasteiger partial charge in [0.1, 0.15) is 0 Å². The number of amides is 1. The summed E-state index contributed by atoms with van der Waals surface area (Å²) in [5.41, 5.74) is 4.80. The maximum Gasteiger partial charge on any atom is 0.251 e. The molecule has 1 aliphatic rings. The van der Waals surface area contributed by atoms with Crippen molar-refractivity contribution >= 4 is 16.9 Å². The summed E-state index contributed by atoms with van der Waals surface area (Å²) >= 11 is 0. The van der Waals surface area contributed by atoms with E-state index in [1.807, 2.05) is 24.4 Å². The van der Waals surface area contributed by atoms with Gasteiger partial charge in [-0.15, -0.1) is 0 Å². The van der Waals surface area contributed by atoms with E-state index in [1.54, 1.807) is 6.33 Å². The zero-order chi connectivity index (χ0) is 14.2. The molecule has 0 aliphatic heterocycles. The van der Waals surface area contributed by atoms with Crippen LogP contribution in [-0.2, 0) is 12.8 Å². The fourth-order valence-corrected chi connectivity index (χ4v) is 2.88. The number of carbonyl (C=O) groups is 1. The predicted octanol–water partition coefficient (Wildman–Crippen LogP) is 1.57. The first-order chi connectivity index (χ1) is 10.3. The topological polar surface area (TPSA) is 86.5 Å². The van der Waals surface area contributed by atoms with Crippen molar-refractivity contribution in [1.82, 2.24) is 25.5 Å². The number of rotatable bonds is 2. The molecule has 0 fully saturated rings. The molecular formula is C15H15N5O. The Bertz CT molecular complexity index is 803. The monoisotopic (exact) mass is 281 g/mol. The molecule has 106 valence electrons. The molecule has 0 radical (unpaired) electrons. The molecule has 1 aromatic carbocycles. The zero-order valence-corrected chi connectivity index (χ0v) is 11.4. The average Bonchev–Trinajstić information content (AvgIpc) is 3.14. The third kappa shape index (κ3) is 2.18. The van der Waals surface area contributed by atoms with Crippen molar-refractivity contribution in [3.63, 3.8) is 0 Å². The van der Waals surface area contributed by atoms with Crippen molar-refractivity contribution in [1.29, 1.82) is 0 Å². The van der Waals surface area contributed by atoms with Crippen molar-refractivity contribution in [2.24, 2.45) is 0 Å². The molecule has 6 nitrogen and oxygen atoms in total. The van der Waals surface area contributed by atoms with Crippen LogP contribution in [0.4, 0.5) is 0 Å². The number of imidazole rings is 1. The lowest BCUT2D eigenvalue weighted by molar-refractivity contribution is 0.0933. The van der Waals surface area contributed by atoms with Crippen LogP contribution in [0.15, 0.2) is 30.7 Å². The highest BCUT2D eigenvalue weighted by Crippen LogP contribution is 2.19. The quantitative estimate of drug-likeness (QED) is 0.666. The van der Waals surface area contributed by atoms with Crippen molar-refractivity contribution in [3.05, 3.63) is 47.5 Å². The van der Waals surface area contributed by atoms with Crippen LogP contribution in [-0.4, -0.2) is 32.1 Å². The number of carbonyl (C=O) groups excluding carboxylic acids is 1. The van der Waals surface area contributed by atoms with Crippen molar-refractivity contribution in [2.45, 2.75) is 25.3 Å². The Hall–Kier alpha value is -2.63. The van der Waals surface area contributed by atoms with Crippen LogP contribution in [0.5, 0.6) is 0 Å². The van der Waals surface area contributed by atoms with Gasteiger partial charge in [-0.2, -0.15) is 5.10 Å². The summed E-state index contributed by atoms with van der Waals surface area (Å²) in [5, 5.41) is 10.2. The van der Waals surface area contributed by atoms with Crippen LogP contribution >= 0.6 is 0 Å². The number of hydrogen-bond acceptors (Lipinski definition) is 3. The second-order valence-corrected chi connectivity index (χ2v) is 5.42. The standard InChI is InChI=1S/C15H15N5O/c21-15(9-2-4-12-14(5-9)17-8-16-12)19-11-3-1-10-7-18-20-13(10)6-11/h2,4-5,7-8,11H,1,3,6H2,(H,16,17)(H,18,20)(H,19,21). The number of benzene rings is 1. The van der Waals surface area contributed by atoms with Crippen LogP contribution in [0.2, 0.25) is 0 Å². The highest BCUT2D eigenvalue weighted by Gasteiger charge is 2.22. The lowest BCUT2D eigenvalue weighted by Crippen LogP contribution is -2.38. The fraction of sp³-hybridized carbons (Fsp3) is 0.267. The SMILES string of the molecule is O=C(NC1CCc2cn[nH]c2C1)c1ccc2nc[nH]c2c1. The second-order valence-electron chi connectivity index (χ2n) is 5.42. The van der Waals surface area contributed by atoms with Crippen LogP contribution in [0, 0.1) is 0 Å². The van der Waals surface area contributed by atoms with Gasteiger partial charge in [-0.1, -0.05) is 0 Å². The Morgan fingerprint density at radius 1 is 1.38 bits per heavy atom. The third-order valence-electron chi connectivity index (χ3n) is 4.04. The smallest absolute Gasteiger partial charge is 0.251 e.